The van der Waals surface area contributed by atoms with Crippen molar-refractivity contribution in [3.05, 3.63) is 81.3 Å². The van der Waals surface area contributed by atoms with Gasteiger partial charge in [0, 0.05) is 46.1 Å². The van der Waals surface area contributed by atoms with Crippen LogP contribution in [-0.4, -0.2) is 16.7 Å². The highest BCUT2D eigenvalue weighted by atomic mass is 35.5. The topological polar surface area (TPSA) is 71.1 Å². The van der Waals surface area contributed by atoms with Crippen molar-refractivity contribution in [2.24, 2.45) is 5.92 Å². The SMILES string of the molecule is CC1=C(C(=O)Nc2ccc(C)cn2)[C@@H](c2ccc(Cl)cc2)C2=C(C[C@H](C)CC2=O)N1. The van der Waals surface area contributed by atoms with E-state index in [4.69, 9.17) is 11.6 Å². The van der Waals surface area contributed by atoms with Gasteiger partial charge in [-0.2, -0.15) is 0 Å². The second-order valence-corrected chi connectivity index (χ2v) is 8.59. The Labute approximate surface area is 181 Å². The number of hydrogen-bond acceptors (Lipinski definition) is 4. The lowest BCUT2D eigenvalue weighted by molar-refractivity contribution is -0.117. The van der Waals surface area contributed by atoms with Crippen molar-refractivity contribution in [3.63, 3.8) is 0 Å². The summed E-state index contributed by atoms with van der Waals surface area (Å²) in [6, 6.07) is 11.0. The van der Waals surface area contributed by atoms with Gasteiger partial charge in [-0.15, -0.1) is 0 Å². The molecule has 2 aliphatic rings. The molecule has 2 atom stereocenters. The molecule has 4 rings (SSSR count). The summed E-state index contributed by atoms with van der Waals surface area (Å²) >= 11 is 6.09. The summed E-state index contributed by atoms with van der Waals surface area (Å²) in [6.45, 7) is 5.90. The molecule has 0 radical (unpaired) electrons. The number of nitrogens with one attached hydrogen (secondary N) is 2. The number of anilines is 1. The number of Topliss-reactive ketones (excluding diaryl/α,β-unsaturated/α-hetero) is 1. The lowest BCUT2D eigenvalue weighted by Crippen LogP contribution is -2.37. The Kier molecular flexibility index (Phi) is 5.48. The van der Waals surface area contributed by atoms with Crippen molar-refractivity contribution in [1.82, 2.24) is 10.3 Å². The number of amides is 1. The maximum absolute atomic E-state index is 13.4. The number of allylic oxidation sites excluding steroid dienone is 3. The molecular formula is C24H24ClN3O2. The predicted molar refractivity (Wildman–Crippen MR) is 118 cm³/mol. The minimum Gasteiger partial charge on any atom is -0.362 e. The molecule has 1 amide bonds. The Balaban J connectivity index is 1.78. The number of carbonyl (C=O) groups excluding carboxylic acids is 2. The zero-order valence-corrected chi connectivity index (χ0v) is 18.0. The molecule has 0 bridgehead atoms. The van der Waals surface area contributed by atoms with E-state index in [0.29, 0.717) is 28.4 Å². The van der Waals surface area contributed by atoms with Gasteiger partial charge in [0.25, 0.3) is 5.91 Å². The van der Waals surface area contributed by atoms with Gasteiger partial charge in [0.1, 0.15) is 5.82 Å². The average Bonchev–Trinajstić information content (AvgIpc) is 2.69. The van der Waals surface area contributed by atoms with E-state index < -0.39 is 5.92 Å². The van der Waals surface area contributed by atoms with Gasteiger partial charge < -0.3 is 10.6 Å². The van der Waals surface area contributed by atoms with Crippen LogP contribution in [-0.2, 0) is 9.59 Å². The van der Waals surface area contributed by atoms with Crippen LogP contribution in [0.2, 0.25) is 5.02 Å². The Morgan fingerprint density at radius 1 is 1.13 bits per heavy atom. The molecule has 5 nitrogen and oxygen atoms in total. The zero-order chi connectivity index (χ0) is 21.4. The summed E-state index contributed by atoms with van der Waals surface area (Å²) in [7, 11) is 0. The molecule has 2 N–H and O–H groups in total. The number of aromatic nitrogens is 1. The van der Waals surface area contributed by atoms with Gasteiger partial charge in [-0.3, -0.25) is 9.59 Å². The number of dihydropyridines is 1. The number of aryl methyl sites for hydroxylation is 1. The molecule has 1 aromatic carbocycles. The minimum absolute atomic E-state index is 0.0856. The number of pyridine rings is 1. The molecule has 0 unspecified atom stereocenters. The van der Waals surface area contributed by atoms with Gasteiger partial charge in [-0.05, 0) is 55.5 Å². The van der Waals surface area contributed by atoms with E-state index in [1.54, 1.807) is 24.4 Å². The summed E-state index contributed by atoms with van der Waals surface area (Å²) in [6.07, 6.45) is 2.98. The van der Waals surface area contributed by atoms with Crippen LogP contribution in [0.1, 0.15) is 43.7 Å². The Hall–Kier alpha value is -2.92. The molecule has 154 valence electrons. The first-order valence-corrected chi connectivity index (χ1v) is 10.4. The number of nitrogens with zero attached hydrogens (tertiary/aromatic N) is 1. The predicted octanol–water partition coefficient (Wildman–Crippen LogP) is 4.90. The van der Waals surface area contributed by atoms with Gasteiger partial charge in [-0.1, -0.05) is 36.7 Å². The summed E-state index contributed by atoms with van der Waals surface area (Å²) < 4.78 is 0. The number of ketones is 1. The normalized spacial score (nSPS) is 21.3. The van der Waals surface area contributed by atoms with E-state index in [9.17, 15) is 9.59 Å². The molecule has 1 aromatic heterocycles. The fourth-order valence-electron chi connectivity index (χ4n) is 4.25. The highest BCUT2D eigenvalue weighted by molar-refractivity contribution is 6.30. The maximum atomic E-state index is 13.4. The van der Waals surface area contributed by atoms with Gasteiger partial charge in [0.05, 0.1) is 0 Å². The van der Waals surface area contributed by atoms with Crippen LogP contribution in [0.5, 0.6) is 0 Å². The van der Waals surface area contributed by atoms with Crippen LogP contribution in [0, 0.1) is 12.8 Å². The van der Waals surface area contributed by atoms with E-state index in [-0.39, 0.29) is 17.6 Å². The van der Waals surface area contributed by atoms with Gasteiger partial charge in [0.15, 0.2) is 5.78 Å². The first-order valence-electron chi connectivity index (χ1n) is 10.1. The van der Waals surface area contributed by atoms with Crippen LogP contribution in [0.4, 0.5) is 5.82 Å². The van der Waals surface area contributed by atoms with Crippen LogP contribution >= 0.6 is 11.6 Å². The highest BCUT2D eigenvalue weighted by Gasteiger charge is 2.39. The molecule has 0 saturated carbocycles. The van der Waals surface area contributed by atoms with E-state index >= 15 is 0 Å². The second kappa shape index (κ2) is 8.07. The Bertz CT molecular complexity index is 1070. The number of halogens is 1. The van der Waals surface area contributed by atoms with Crippen LogP contribution in [0.3, 0.4) is 0 Å². The monoisotopic (exact) mass is 421 g/mol. The smallest absolute Gasteiger partial charge is 0.255 e. The highest BCUT2D eigenvalue weighted by Crippen LogP contribution is 2.43. The molecule has 0 spiro atoms. The number of carbonyl (C=O) groups is 2. The largest absolute Gasteiger partial charge is 0.362 e. The lowest BCUT2D eigenvalue weighted by Gasteiger charge is -2.36. The quantitative estimate of drug-likeness (QED) is 0.739. The van der Waals surface area contributed by atoms with Crippen LogP contribution in [0.15, 0.2) is 65.1 Å². The molecule has 2 heterocycles. The summed E-state index contributed by atoms with van der Waals surface area (Å²) in [5.74, 6) is 0.124. The molecule has 0 saturated heterocycles. The number of rotatable bonds is 3. The number of hydrogen-bond donors (Lipinski definition) is 2. The van der Waals surface area contributed by atoms with Gasteiger partial charge in [0.2, 0.25) is 0 Å². The Morgan fingerprint density at radius 2 is 1.87 bits per heavy atom. The minimum atomic E-state index is -0.441. The summed E-state index contributed by atoms with van der Waals surface area (Å²) in [5, 5.41) is 6.85. The van der Waals surface area contributed by atoms with Crippen molar-refractivity contribution in [2.45, 2.75) is 39.5 Å². The first-order chi connectivity index (χ1) is 14.3. The van der Waals surface area contributed by atoms with Crippen LogP contribution in [0.25, 0.3) is 0 Å². The van der Waals surface area contributed by atoms with E-state index in [2.05, 4.69) is 22.5 Å². The molecule has 0 fully saturated rings. The third kappa shape index (κ3) is 3.90. The van der Waals surface area contributed by atoms with Gasteiger partial charge in [-0.25, -0.2) is 4.98 Å². The van der Waals surface area contributed by atoms with Crippen molar-refractivity contribution in [1.29, 1.82) is 0 Å². The van der Waals surface area contributed by atoms with Crippen LogP contribution < -0.4 is 10.6 Å². The fraction of sp³-hybridized carbons (Fsp3) is 0.292. The van der Waals surface area contributed by atoms with Gasteiger partial charge >= 0.3 is 0 Å². The van der Waals surface area contributed by atoms with E-state index in [0.717, 1.165) is 28.9 Å². The van der Waals surface area contributed by atoms with Crippen molar-refractivity contribution >= 4 is 29.1 Å². The average molecular weight is 422 g/mol. The molecule has 6 heteroatoms. The van der Waals surface area contributed by atoms with Crippen molar-refractivity contribution in [2.75, 3.05) is 5.32 Å². The molecule has 1 aliphatic carbocycles. The molecule has 30 heavy (non-hydrogen) atoms. The van der Waals surface area contributed by atoms with E-state index in [1.165, 1.54) is 0 Å². The second-order valence-electron chi connectivity index (χ2n) is 8.15. The summed E-state index contributed by atoms with van der Waals surface area (Å²) in [5.41, 5.74) is 4.77. The van der Waals surface area contributed by atoms with Crippen molar-refractivity contribution < 1.29 is 9.59 Å². The molecule has 2 aromatic rings. The Morgan fingerprint density at radius 3 is 2.53 bits per heavy atom. The van der Waals surface area contributed by atoms with E-state index in [1.807, 2.05) is 32.0 Å². The fourth-order valence-corrected chi connectivity index (χ4v) is 4.37. The standard InChI is InChI=1S/C24H24ClN3O2/c1-13-4-9-20(26-12-13)28-24(30)21-15(3)27-18-10-14(2)11-19(29)23(18)22(21)16-5-7-17(25)8-6-16/h4-9,12,14,22,27H,10-11H2,1-3H3,(H,26,28,30)/t14-,22+/m0/s1. The first kappa shape index (κ1) is 20.4. The molecular weight excluding hydrogens is 398 g/mol. The summed E-state index contributed by atoms with van der Waals surface area (Å²) in [4.78, 5) is 30.7. The van der Waals surface area contributed by atoms with Crippen molar-refractivity contribution in [3.8, 4) is 0 Å². The molecule has 1 aliphatic heterocycles. The zero-order valence-electron chi connectivity index (χ0n) is 17.3. The third-order valence-electron chi connectivity index (χ3n) is 5.63. The lowest BCUT2D eigenvalue weighted by atomic mass is 9.73. The number of benzene rings is 1. The maximum Gasteiger partial charge on any atom is 0.255 e. The third-order valence-corrected chi connectivity index (χ3v) is 5.88.